The van der Waals surface area contributed by atoms with Crippen LogP contribution in [0, 0.1) is 0 Å². The number of nitrogens with one attached hydrogen (secondary N) is 2. The van der Waals surface area contributed by atoms with Crippen molar-refractivity contribution in [1.29, 1.82) is 0 Å². The molecule has 0 fully saturated rings. The van der Waals surface area contributed by atoms with Gasteiger partial charge >= 0.3 is 0 Å². The van der Waals surface area contributed by atoms with Crippen molar-refractivity contribution in [3.63, 3.8) is 0 Å². The molecule has 0 atom stereocenters. The first-order chi connectivity index (χ1) is 11.3. The second kappa shape index (κ2) is 8.24. The maximum atomic E-state index is 11.9. The molecule has 0 aliphatic carbocycles. The van der Waals surface area contributed by atoms with Gasteiger partial charge in [-0.1, -0.05) is 34.8 Å². The predicted molar refractivity (Wildman–Crippen MR) is 96.3 cm³/mol. The summed E-state index contributed by atoms with van der Waals surface area (Å²) in [6.07, 6.45) is 0. The van der Waals surface area contributed by atoms with Crippen LogP contribution in [0.3, 0.4) is 0 Å². The number of anilines is 2. The zero-order chi connectivity index (χ0) is 17.7. The molecule has 0 bridgehead atoms. The molecule has 0 saturated carbocycles. The summed E-state index contributed by atoms with van der Waals surface area (Å²) in [5.74, 6) is -0.273. The van der Waals surface area contributed by atoms with Gasteiger partial charge in [0.25, 0.3) is 5.91 Å². The maximum absolute atomic E-state index is 11.9. The molecule has 2 amide bonds. The fourth-order valence-corrected chi connectivity index (χ4v) is 2.39. The number of carbonyl (C=O) groups excluding carboxylic acids is 2. The number of rotatable bonds is 5. The van der Waals surface area contributed by atoms with Gasteiger partial charge in [0.05, 0.1) is 15.1 Å². The summed E-state index contributed by atoms with van der Waals surface area (Å²) in [6, 6.07) is 9.56. The summed E-state index contributed by atoms with van der Waals surface area (Å²) >= 11 is 17.7. The minimum Gasteiger partial charge on any atom is -0.482 e. The van der Waals surface area contributed by atoms with Gasteiger partial charge < -0.3 is 15.4 Å². The lowest BCUT2D eigenvalue weighted by Crippen LogP contribution is -2.20. The third kappa shape index (κ3) is 5.30. The van der Waals surface area contributed by atoms with E-state index in [0.717, 1.165) is 0 Å². The van der Waals surface area contributed by atoms with Gasteiger partial charge in [-0.05, 0) is 30.3 Å². The van der Waals surface area contributed by atoms with Crippen molar-refractivity contribution in [2.75, 3.05) is 17.2 Å². The maximum Gasteiger partial charge on any atom is 0.262 e. The van der Waals surface area contributed by atoms with E-state index >= 15 is 0 Å². The Morgan fingerprint density at radius 3 is 2.04 bits per heavy atom. The van der Waals surface area contributed by atoms with E-state index in [2.05, 4.69) is 10.6 Å². The highest BCUT2D eigenvalue weighted by molar-refractivity contribution is 6.43. The Hall–Kier alpha value is -1.95. The molecular weight excluding hydrogens is 375 g/mol. The topological polar surface area (TPSA) is 67.4 Å². The second-order valence-corrected chi connectivity index (χ2v) is 6.01. The molecule has 0 saturated heterocycles. The zero-order valence-electron chi connectivity index (χ0n) is 12.5. The Kier molecular flexibility index (Phi) is 6.31. The van der Waals surface area contributed by atoms with Gasteiger partial charge in [-0.3, -0.25) is 9.59 Å². The van der Waals surface area contributed by atoms with Gasteiger partial charge in [-0.25, -0.2) is 0 Å². The average molecular weight is 388 g/mol. The Morgan fingerprint density at radius 1 is 0.917 bits per heavy atom. The number of carbonyl (C=O) groups is 2. The molecule has 2 N–H and O–H groups in total. The molecule has 0 aromatic heterocycles. The number of benzene rings is 2. The zero-order valence-corrected chi connectivity index (χ0v) is 14.8. The van der Waals surface area contributed by atoms with E-state index in [0.29, 0.717) is 16.4 Å². The second-order valence-electron chi connectivity index (χ2n) is 4.79. The number of hydrogen-bond acceptors (Lipinski definition) is 3. The highest BCUT2D eigenvalue weighted by Crippen LogP contribution is 2.33. The highest BCUT2D eigenvalue weighted by Gasteiger charge is 2.10. The fraction of sp³-hybridized carbons (Fsp3) is 0.125. The van der Waals surface area contributed by atoms with Gasteiger partial charge in [0.15, 0.2) is 6.61 Å². The molecule has 0 heterocycles. The van der Waals surface area contributed by atoms with Crippen LogP contribution in [0.25, 0.3) is 0 Å². The van der Waals surface area contributed by atoms with Gasteiger partial charge in [0.2, 0.25) is 5.91 Å². The van der Waals surface area contributed by atoms with Crippen molar-refractivity contribution in [1.82, 2.24) is 0 Å². The first-order valence-electron chi connectivity index (χ1n) is 6.80. The van der Waals surface area contributed by atoms with Crippen LogP contribution in [0.15, 0.2) is 36.4 Å². The Balaban J connectivity index is 1.91. The van der Waals surface area contributed by atoms with Gasteiger partial charge in [0, 0.05) is 24.4 Å². The minimum absolute atomic E-state index is 0.168. The van der Waals surface area contributed by atoms with E-state index in [1.54, 1.807) is 24.3 Å². The van der Waals surface area contributed by atoms with E-state index in [1.165, 1.54) is 19.1 Å². The van der Waals surface area contributed by atoms with E-state index < -0.39 is 0 Å². The molecule has 2 aromatic carbocycles. The summed E-state index contributed by atoms with van der Waals surface area (Å²) in [6.45, 7) is 1.17. The molecule has 2 aromatic rings. The lowest BCUT2D eigenvalue weighted by atomic mass is 10.2. The van der Waals surface area contributed by atoms with Crippen LogP contribution in [0.4, 0.5) is 11.4 Å². The smallest absolute Gasteiger partial charge is 0.262 e. The van der Waals surface area contributed by atoms with Gasteiger partial charge in [0.1, 0.15) is 5.75 Å². The number of amides is 2. The summed E-state index contributed by atoms with van der Waals surface area (Å²) in [4.78, 5) is 22.8. The number of hydrogen-bond donors (Lipinski definition) is 2. The Morgan fingerprint density at radius 2 is 1.46 bits per heavy atom. The molecule has 0 aliphatic heterocycles. The van der Waals surface area contributed by atoms with Crippen LogP contribution < -0.4 is 15.4 Å². The molecule has 24 heavy (non-hydrogen) atoms. The lowest BCUT2D eigenvalue weighted by molar-refractivity contribution is -0.118. The summed E-state index contributed by atoms with van der Waals surface area (Å²) < 4.78 is 5.34. The van der Waals surface area contributed by atoms with E-state index in [1.807, 2.05) is 0 Å². The largest absolute Gasteiger partial charge is 0.482 e. The van der Waals surface area contributed by atoms with Gasteiger partial charge in [-0.2, -0.15) is 0 Å². The van der Waals surface area contributed by atoms with Crippen LogP contribution in [0.1, 0.15) is 6.92 Å². The lowest BCUT2D eigenvalue weighted by Gasteiger charge is -2.10. The fourth-order valence-electron chi connectivity index (χ4n) is 1.80. The SMILES string of the molecule is CC(=O)Nc1ccc(NC(=O)COc2cc(Cl)c(Cl)cc2Cl)cc1. The van der Waals surface area contributed by atoms with Crippen molar-refractivity contribution in [3.05, 3.63) is 51.5 Å². The van der Waals surface area contributed by atoms with Crippen LogP contribution in [0.5, 0.6) is 5.75 Å². The van der Waals surface area contributed by atoms with Crippen LogP contribution in [0.2, 0.25) is 15.1 Å². The van der Waals surface area contributed by atoms with Crippen LogP contribution >= 0.6 is 34.8 Å². The molecule has 0 aliphatic rings. The quantitative estimate of drug-likeness (QED) is 0.735. The first kappa shape index (κ1) is 18.4. The predicted octanol–water partition coefficient (Wildman–Crippen LogP) is 4.62. The van der Waals surface area contributed by atoms with Crippen molar-refractivity contribution in [2.45, 2.75) is 6.92 Å². The van der Waals surface area contributed by atoms with Gasteiger partial charge in [-0.15, -0.1) is 0 Å². The van der Waals surface area contributed by atoms with Crippen LogP contribution in [-0.4, -0.2) is 18.4 Å². The highest BCUT2D eigenvalue weighted by atomic mass is 35.5. The third-order valence-electron chi connectivity index (χ3n) is 2.82. The molecule has 0 unspecified atom stereocenters. The van der Waals surface area contributed by atoms with E-state index in [4.69, 9.17) is 39.5 Å². The molecule has 0 spiro atoms. The van der Waals surface area contributed by atoms with Crippen LogP contribution in [-0.2, 0) is 9.59 Å². The molecule has 126 valence electrons. The third-order valence-corrected chi connectivity index (χ3v) is 3.84. The number of ether oxygens (including phenoxy) is 1. The van der Waals surface area contributed by atoms with E-state index in [-0.39, 0.29) is 34.2 Å². The summed E-state index contributed by atoms with van der Waals surface area (Å²) in [5.41, 5.74) is 1.21. The molecule has 8 heteroatoms. The van der Waals surface area contributed by atoms with Crippen molar-refractivity contribution in [3.8, 4) is 5.75 Å². The Labute approximate surface area is 153 Å². The molecule has 0 radical (unpaired) electrons. The molecular formula is C16H13Cl3N2O3. The normalized spacial score (nSPS) is 10.2. The number of halogens is 3. The molecule has 2 rings (SSSR count). The van der Waals surface area contributed by atoms with Crippen molar-refractivity contribution >= 4 is 58.0 Å². The minimum atomic E-state index is -0.371. The Bertz CT molecular complexity index is 764. The average Bonchev–Trinajstić information content (AvgIpc) is 2.51. The monoisotopic (exact) mass is 386 g/mol. The molecule has 5 nitrogen and oxygen atoms in total. The standard InChI is InChI=1S/C16H13Cl3N2O3/c1-9(22)20-10-2-4-11(5-3-10)21-16(23)8-24-15-7-13(18)12(17)6-14(15)19/h2-7H,8H2,1H3,(H,20,22)(H,21,23). The first-order valence-corrected chi connectivity index (χ1v) is 7.93. The van der Waals surface area contributed by atoms with Crippen molar-refractivity contribution < 1.29 is 14.3 Å². The van der Waals surface area contributed by atoms with E-state index in [9.17, 15) is 9.59 Å². The summed E-state index contributed by atoms with van der Waals surface area (Å²) in [7, 11) is 0. The summed E-state index contributed by atoms with van der Waals surface area (Å²) in [5, 5.41) is 6.14. The van der Waals surface area contributed by atoms with Crippen molar-refractivity contribution in [2.24, 2.45) is 0 Å².